The van der Waals surface area contributed by atoms with Crippen LogP contribution < -0.4 is 4.74 Å². The summed E-state index contributed by atoms with van der Waals surface area (Å²) in [6.45, 7) is 6.88. The lowest BCUT2D eigenvalue weighted by atomic mass is 10.1. The summed E-state index contributed by atoms with van der Waals surface area (Å²) in [5.41, 5.74) is 0.644. The predicted octanol–water partition coefficient (Wildman–Crippen LogP) is 2.83. The molecule has 0 spiro atoms. The summed E-state index contributed by atoms with van der Waals surface area (Å²) in [5.74, 6) is 0.782. The van der Waals surface area contributed by atoms with E-state index in [0.29, 0.717) is 18.3 Å². The van der Waals surface area contributed by atoms with Gasteiger partial charge in [0.1, 0.15) is 5.75 Å². The molecule has 0 amide bonds. The number of hydrogen-bond acceptors (Lipinski definition) is 4. The van der Waals surface area contributed by atoms with Gasteiger partial charge in [-0.1, -0.05) is 6.07 Å². The molecule has 21 heavy (non-hydrogen) atoms. The first-order valence-corrected chi connectivity index (χ1v) is 7.78. The van der Waals surface area contributed by atoms with Crippen LogP contribution in [0.5, 0.6) is 5.75 Å². The lowest BCUT2D eigenvalue weighted by Crippen LogP contribution is -2.37. The summed E-state index contributed by atoms with van der Waals surface area (Å²) in [6, 6.07) is 9.45. The van der Waals surface area contributed by atoms with E-state index in [1.54, 1.807) is 12.1 Å². The molecule has 1 fully saturated rings. The molecule has 4 nitrogen and oxygen atoms in total. The van der Waals surface area contributed by atoms with Crippen LogP contribution in [-0.2, 0) is 4.74 Å². The molecule has 4 heteroatoms. The van der Waals surface area contributed by atoms with E-state index < -0.39 is 0 Å². The minimum absolute atomic E-state index is 0.455. The Morgan fingerprint density at radius 3 is 2.86 bits per heavy atom. The van der Waals surface area contributed by atoms with E-state index in [0.717, 1.165) is 51.3 Å². The molecule has 1 saturated heterocycles. The Bertz CT molecular complexity index is 462. The van der Waals surface area contributed by atoms with Gasteiger partial charge in [-0.15, -0.1) is 0 Å². The molecule has 0 aromatic heterocycles. The quantitative estimate of drug-likeness (QED) is 0.724. The van der Waals surface area contributed by atoms with E-state index in [9.17, 15) is 0 Å². The summed E-state index contributed by atoms with van der Waals surface area (Å²) < 4.78 is 11.4. The highest BCUT2D eigenvalue weighted by molar-refractivity contribution is 5.36. The Morgan fingerprint density at radius 1 is 1.33 bits per heavy atom. The number of piperidine rings is 1. The lowest BCUT2D eigenvalue weighted by molar-refractivity contribution is 0.0135. The van der Waals surface area contributed by atoms with Gasteiger partial charge < -0.3 is 14.4 Å². The largest absolute Gasteiger partial charge is 0.494 e. The van der Waals surface area contributed by atoms with Crippen molar-refractivity contribution < 1.29 is 9.47 Å². The molecule has 0 aliphatic carbocycles. The van der Waals surface area contributed by atoms with E-state index >= 15 is 0 Å². The lowest BCUT2D eigenvalue weighted by Gasteiger charge is -2.31. The van der Waals surface area contributed by atoms with Crippen molar-refractivity contribution in [1.82, 2.24) is 4.90 Å². The molecule has 0 bridgehead atoms. The van der Waals surface area contributed by atoms with E-state index in [2.05, 4.69) is 17.9 Å². The maximum atomic E-state index is 8.84. The van der Waals surface area contributed by atoms with Gasteiger partial charge in [0.15, 0.2) is 0 Å². The molecule has 0 N–H and O–H groups in total. The average Bonchev–Trinajstić information content (AvgIpc) is 2.53. The van der Waals surface area contributed by atoms with Crippen LogP contribution >= 0.6 is 0 Å². The number of likely N-dealkylation sites (tertiary alicyclic amines) is 1. The molecule has 1 aromatic rings. The fourth-order valence-electron chi connectivity index (χ4n) is 2.67. The van der Waals surface area contributed by atoms with E-state index in [1.807, 2.05) is 12.1 Å². The Balaban J connectivity index is 1.61. The van der Waals surface area contributed by atoms with Crippen LogP contribution in [0.25, 0.3) is 0 Å². The van der Waals surface area contributed by atoms with Crippen molar-refractivity contribution >= 4 is 0 Å². The predicted molar refractivity (Wildman–Crippen MR) is 82.4 cm³/mol. The summed E-state index contributed by atoms with van der Waals surface area (Å²) in [4.78, 5) is 2.48. The third kappa shape index (κ3) is 5.37. The Kier molecular flexibility index (Phi) is 6.52. The molecule has 2 rings (SSSR count). The summed E-state index contributed by atoms with van der Waals surface area (Å²) >= 11 is 0. The number of rotatable bonds is 7. The van der Waals surface area contributed by atoms with Crippen molar-refractivity contribution in [3.05, 3.63) is 29.8 Å². The van der Waals surface area contributed by atoms with E-state index in [1.165, 1.54) is 0 Å². The standard InChI is InChI=1S/C17H24N2O2/c1-2-20-16-7-10-19(11-8-16)9-4-12-21-17-6-3-5-15(13-17)14-18/h3,5-6,13,16H,2,4,7-12H2,1H3. The topological polar surface area (TPSA) is 45.5 Å². The second kappa shape index (κ2) is 8.66. The first-order valence-electron chi connectivity index (χ1n) is 7.78. The van der Waals surface area contributed by atoms with Gasteiger partial charge in [-0.05, 0) is 44.4 Å². The number of hydrogen-bond donors (Lipinski definition) is 0. The van der Waals surface area contributed by atoms with Gasteiger partial charge in [-0.2, -0.15) is 5.26 Å². The fraction of sp³-hybridized carbons (Fsp3) is 0.588. The van der Waals surface area contributed by atoms with E-state index in [4.69, 9.17) is 14.7 Å². The molecular formula is C17H24N2O2. The highest BCUT2D eigenvalue weighted by Gasteiger charge is 2.18. The van der Waals surface area contributed by atoms with Crippen LogP contribution in [0.3, 0.4) is 0 Å². The summed E-state index contributed by atoms with van der Waals surface area (Å²) in [5, 5.41) is 8.84. The first kappa shape index (κ1) is 15.8. The second-order valence-corrected chi connectivity index (χ2v) is 5.34. The second-order valence-electron chi connectivity index (χ2n) is 5.34. The van der Waals surface area contributed by atoms with Gasteiger partial charge >= 0.3 is 0 Å². The molecule has 0 radical (unpaired) electrons. The molecule has 0 unspecified atom stereocenters. The van der Waals surface area contributed by atoms with Crippen LogP contribution in [0.1, 0.15) is 31.7 Å². The van der Waals surface area contributed by atoms with Crippen molar-refractivity contribution in [3.8, 4) is 11.8 Å². The third-order valence-corrected chi connectivity index (χ3v) is 3.79. The van der Waals surface area contributed by atoms with Crippen molar-refractivity contribution in [1.29, 1.82) is 5.26 Å². The van der Waals surface area contributed by atoms with Crippen LogP contribution in [0.15, 0.2) is 24.3 Å². The Hall–Kier alpha value is -1.57. The first-order chi connectivity index (χ1) is 10.3. The van der Waals surface area contributed by atoms with Crippen LogP contribution in [-0.4, -0.2) is 43.9 Å². The molecule has 0 saturated carbocycles. The minimum atomic E-state index is 0.455. The molecule has 1 heterocycles. The zero-order chi connectivity index (χ0) is 14.9. The van der Waals surface area contributed by atoms with Gasteiger partial charge in [0.25, 0.3) is 0 Å². The minimum Gasteiger partial charge on any atom is -0.494 e. The molecule has 1 aliphatic rings. The number of benzene rings is 1. The highest BCUT2D eigenvalue weighted by Crippen LogP contribution is 2.15. The highest BCUT2D eigenvalue weighted by atomic mass is 16.5. The van der Waals surface area contributed by atoms with Crippen molar-refractivity contribution in [2.75, 3.05) is 32.8 Å². The van der Waals surface area contributed by atoms with Crippen molar-refractivity contribution in [3.63, 3.8) is 0 Å². The number of nitrogens with zero attached hydrogens (tertiary/aromatic N) is 2. The monoisotopic (exact) mass is 288 g/mol. The SMILES string of the molecule is CCOC1CCN(CCCOc2cccc(C#N)c2)CC1. The van der Waals surface area contributed by atoms with Gasteiger partial charge in [-0.3, -0.25) is 0 Å². The molecular weight excluding hydrogens is 264 g/mol. The molecule has 1 aliphatic heterocycles. The Labute approximate surface area is 127 Å². The smallest absolute Gasteiger partial charge is 0.120 e. The molecule has 0 atom stereocenters. The van der Waals surface area contributed by atoms with Crippen LogP contribution in [0, 0.1) is 11.3 Å². The zero-order valence-electron chi connectivity index (χ0n) is 12.8. The summed E-state index contributed by atoms with van der Waals surface area (Å²) in [6.07, 6.45) is 3.74. The van der Waals surface area contributed by atoms with Gasteiger partial charge in [0.05, 0.1) is 24.3 Å². The number of ether oxygens (including phenoxy) is 2. The number of nitriles is 1. The van der Waals surface area contributed by atoms with Crippen molar-refractivity contribution in [2.45, 2.75) is 32.3 Å². The zero-order valence-corrected chi connectivity index (χ0v) is 12.8. The van der Waals surface area contributed by atoms with Crippen LogP contribution in [0.4, 0.5) is 0 Å². The Morgan fingerprint density at radius 2 is 2.14 bits per heavy atom. The van der Waals surface area contributed by atoms with Gasteiger partial charge in [-0.25, -0.2) is 0 Å². The van der Waals surface area contributed by atoms with Gasteiger partial charge in [0.2, 0.25) is 0 Å². The fourth-order valence-corrected chi connectivity index (χ4v) is 2.67. The molecule has 1 aromatic carbocycles. The maximum Gasteiger partial charge on any atom is 0.120 e. The normalized spacial score (nSPS) is 16.6. The maximum absolute atomic E-state index is 8.84. The van der Waals surface area contributed by atoms with E-state index in [-0.39, 0.29) is 0 Å². The summed E-state index contributed by atoms with van der Waals surface area (Å²) in [7, 11) is 0. The third-order valence-electron chi connectivity index (χ3n) is 3.79. The van der Waals surface area contributed by atoms with Crippen LogP contribution in [0.2, 0.25) is 0 Å². The van der Waals surface area contributed by atoms with Crippen molar-refractivity contribution in [2.24, 2.45) is 0 Å². The van der Waals surface area contributed by atoms with Gasteiger partial charge in [0, 0.05) is 26.2 Å². The molecule has 114 valence electrons. The average molecular weight is 288 g/mol.